The summed E-state index contributed by atoms with van der Waals surface area (Å²) >= 11 is 11.6. The number of hydrazone groups is 2. The molecule has 0 bridgehead atoms. The van der Waals surface area contributed by atoms with Crippen molar-refractivity contribution in [2.45, 2.75) is 0 Å². The summed E-state index contributed by atoms with van der Waals surface area (Å²) in [6.07, 6.45) is 2.94. The van der Waals surface area contributed by atoms with Crippen molar-refractivity contribution < 1.29 is 9.59 Å². The minimum atomic E-state index is -0.556. The van der Waals surface area contributed by atoms with E-state index in [0.29, 0.717) is 10.0 Å². The number of nitrogens with one attached hydrogen (secondary N) is 2. The van der Waals surface area contributed by atoms with Crippen LogP contribution < -0.4 is 10.9 Å². The second-order valence-corrected chi connectivity index (χ2v) is 6.78. The van der Waals surface area contributed by atoms with Gasteiger partial charge in [-0.05, 0) is 47.5 Å². The number of carbonyl (C=O) groups excluding carboxylic acids is 2. The number of hydrogen-bond donors (Lipinski definition) is 2. The molecule has 0 fully saturated rings. The Bertz CT molecular complexity index is 1010. The molecule has 0 saturated carbocycles. The van der Waals surface area contributed by atoms with Crippen LogP contribution in [-0.4, -0.2) is 29.2 Å². The number of rotatable bonds is 6. The van der Waals surface area contributed by atoms with Crippen LogP contribution in [0.1, 0.15) is 32.1 Å². The fourth-order valence-corrected chi connectivity index (χ4v) is 2.48. The number of benzene rings is 2. The summed E-state index contributed by atoms with van der Waals surface area (Å²) in [5.74, 6) is -1.11. The summed E-state index contributed by atoms with van der Waals surface area (Å²) in [4.78, 5) is 28.5. The van der Waals surface area contributed by atoms with Crippen LogP contribution in [0.3, 0.4) is 0 Å². The molecule has 0 atom stereocenters. The van der Waals surface area contributed by atoms with Crippen LogP contribution in [0, 0.1) is 0 Å². The van der Waals surface area contributed by atoms with Crippen LogP contribution in [0.25, 0.3) is 0 Å². The number of hydrogen-bond acceptors (Lipinski definition) is 5. The summed E-state index contributed by atoms with van der Waals surface area (Å²) in [5, 5.41) is 8.95. The molecule has 3 aromatic rings. The zero-order valence-electron chi connectivity index (χ0n) is 15.4. The predicted molar refractivity (Wildman–Crippen MR) is 117 cm³/mol. The van der Waals surface area contributed by atoms with Crippen molar-refractivity contribution in [2.75, 3.05) is 0 Å². The van der Waals surface area contributed by atoms with Crippen LogP contribution in [0.2, 0.25) is 10.0 Å². The third kappa shape index (κ3) is 6.23. The Morgan fingerprint density at radius 2 is 1.10 bits per heavy atom. The predicted octanol–water partition coefficient (Wildman–Crippen LogP) is 3.92. The van der Waals surface area contributed by atoms with Crippen molar-refractivity contribution in [1.82, 2.24) is 15.8 Å². The van der Waals surface area contributed by atoms with E-state index in [1.807, 2.05) is 0 Å². The van der Waals surface area contributed by atoms with Gasteiger partial charge in [-0.25, -0.2) is 15.8 Å². The maximum atomic E-state index is 12.2. The number of aromatic nitrogens is 1. The number of pyridine rings is 1. The van der Waals surface area contributed by atoms with E-state index in [2.05, 4.69) is 26.0 Å². The maximum Gasteiger partial charge on any atom is 0.289 e. The molecule has 0 saturated heterocycles. The molecule has 0 aliphatic rings. The average Bonchev–Trinajstić information content (AvgIpc) is 2.76. The summed E-state index contributed by atoms with van der Waals surface area (Å²) in [6.45, 7) is 0. The molecular weight excluding hydrogens is 425 g/mol. The van der Waals surface area contributed by atoms with Crippen molar-refractivity contribution in [3.8, 4) is 0 Å². The van der Waals surface area contributed by atoms with Crippen molar-refractivity contribution in [1.29, 1.82) is 0 Å². The van der Waals surface area contributed by atoms with Gasteiger partial charge in [0.15, 0.2) is 0 Å². The second-order valence-electron chi connectivity index (χ2n) is 5.91. The second kappa shape index (κ2) is 10.3. The van der Waals surface area contributed by atoms with Crippen LogP contribution in [-0.2, 0) is 0 Å². The summed E-state index contributed by atoms with van der Waals surface area (Å²) in [5.41, 5.74) is 6.33. The van der Waals surface area contributed by atoms with Gasteiger partial charge in [0.05, 0.1) is 12.4 Å². The molecule has 3 rings (SSSR count). The van der Waals surface area contributed by atoms with Crippen molar-refractivity contribution in [2.24, 2.45) is 10.2 Å². The highest BCUT2D eigenvalue weighted by molar-refractivity contribution is 6.30. The van der Waals surface area contributed by atoms with Crippen LogP contribution >= 0.6 is 23.2 Å². The van der Waals surface area contributed by atoms with Crippen LogP contribution in [0.5, 0.6) is 0 Å². The van der Waals surface area contributed by atoms with E-state index in [1.54, 1.807) is 54.6 Å². The SMILES string of the molecule is O=C(N/N=C/c1ccc(Cl)cc1)c1cccc(C(=O)N/N=C/c2ccc(Cl)cc2)n1. The van der Waals surface area contributed by atoms with Gasteiger partial charge in [-0.15, -0.1) is 0 Å². The minimum Gasteiger partial charge on any atom is -0.266 e. The van der Waals surface area contributed by atoms with Gasteiger partial charge in [0.25, 0.3) is 11.8 Å². The quantitative estimate of drug-likeness (QED) is 0.449. The Morgan fingerprint density at radius 1 is 0.700 bits per heavy atom. The molecule has 2 N–H and O–H groups in total. The smallest absolute Gasteiger partial charge is 0.266 e. The van der Waals surface area contributed by atoms with Crippen molar-refractivity contribution in [3.63, 3.8) is 0 Å². The molecule has 0 spiro atoms. The first-order chi connectivity index (χ1) is 14.5. The summed E-state index contributed by atoms with van der Waals surface area (Å²) in [6, 6.07) is 18.4. The van der Waals surface area contributed by atoms with E-state index in [-0.39, 0.29) is 11.4 Å². The van der Waals surface area contributed by atoms with Gasteiger partial charge in [0.1, 0.15) is 11.4 Å². The van der Waals surface area contributed by atoms with Gasteiger partial charge >= 0.3 is 0 Å². The van der Waals surface area contributed by atoms with Gasteiger partial charge in [-0.2, -0.15) is 10.2 Å². The van der Waals surface area contributed by atoms with Gasteiger partial charge in [0.2, 0.25) is 0 Å². The molecule has 7 nitrogen and oxygen atoms in total. The Morgan fingerprint density at radius 3 is 1.50 bits per heavy atom. The first-order valence-electron chi connectivity index (χ1n) is 8.66. The molecule has 30 heavy (non-hydrogen) atoms. The number of nitrogens with zero attached hydrogens (tertiary/aromatic N) is 3. The maximum absolute atomic E-state index is 12.2. The minimum absolute atomic E-state index is 0.0394. The topological polar surface area (TPSA) is 95.8 Å². The third-order valence-corrected chi connectivity index (χ3v) is 4.22. The molecule has 2 amide bonds. The zero-order chi connectivity index (χ0) is 21.3. The largest absolute Gasteiger partial charge is 0.289 e. The van der Waals surface area contributed by atoms with Gasteiger partial charge < -0.3 is 0 Å². The molecule has 9 heteroatoms. The Hall–Kier alpha value is -3.55. The van der Waals surface area contributed by atoms with Gasteiger partial charge in [0, 0.05) is 10.0 Å². The number of carbonyl (C=O) groups is 2. The molecule has 0 aliphatic carbocycles. The lowest BCUT2D eigenvalue weighted by Crippen LogP contribution is -2.23. The highest BCUT2D eigenvalue weighted by Gasteiger charge is 2.11. The van der Waals surface area contributed by atoms with Gasteiger partial charge in [-0.3, -0.25) is 9.59 Å². The first kappa shape index (κ1) is 21.2. The molecule has 0 unspecified atom stereocenters. The van der Waals surface area contributed by atoms with E-state index in [0.717, 1.165) is 11.1 Å². The van der Waals surface area contributed by atoms with E-state index < -0.39 is 11.8 Å². The summed E-state index contributed by atoms with van der Waals surface area (Å²) in [7, 11) is 0. The Labute approximate surface area is 182 Å². The standard InChI is InChI=1S/C21H15Cl2N5O2/c22-16-8-4-14(5-9-16)12-24-27-20(29)18-2-1-3-19(26-18)21(30)28-25-13-15-6-10-17(23)11-7-15/h1-13H,(H,27,29)(H,28,30)/b24-12+,25-13+. The van der Waals surface area contributed by atoms with Crippen LogP contribution in [0.15, 0.2) is 76.9 Å². The van der Waals surface area contributed by atoms with Gasteiger partial charge in [-0.1, -0.05) is 53.5 Å². The highest BCUT2D eigenvalue weighted by atomic mass is 35.5. The molecule has 0 aliphatic heterocycles. The molecule has 1 heterocycles. The lowest BCUT2D eigenvalue weighted by molar-refractivity contribution is 0.0946. The number of halogens is 2. The molecule has 1 aromatic heterocycles. The monoisotopic (exact) mass is 439 g/mol. The normalized spacial score (nSPS) is 11.0. The lowest BCUT2D eigenvalue weighted by atomic mass is 10.2. The fourth-order valence-electron chi connectivity index (χ4n) is 2.23. The summed E-state index contributed by atoms with van der Waals surface area (Å²) < 4.78 is 0. The fraction of sp³-hybridized carbons (Fsp3) is 0. The molecule has 2 aromatic carbocycles. The van der Waals surface area contributed by atoms with Crippen LogP contribution in [0.4, 0.5) is 0 Å². The first-order valence-corrected chi connectivity index (χ1v) is 9.42. The molecule has 0 radical (unpaired) electrons. The van der Waals surface area contributed by atoms with E-state index in [1.165, 1.54) is 24.6 Å². The average molecular weight is 440 g/mol. The third-order valence-electron chi connectivity index (χ3n) is 3.71. The van der Waals surface area contributed by atoms with E-state index in [4.69, 9.17) is 23.2 Å². The van der Waals surface area contributed by atoms with Crippen molar-refractivity contribution in [3.05, 3.63) is 99.3 Å². The Kier molecular flexibility index (Phi) is 7.26. The molecular formula is C21H15Cl2N5O2. The van der Waals surface area contributed by atoms with Crippen molar-refractivity contribution >= 4 is 47.4 Å². The Balaban J connectivity index is 1.58. The lowest BCUT2D eigenvalue weighted by Gasteiger charge is -2.03. The van der Waals surface area contributed by atoms with E-state index in [9.17, 15) is 9.59 Å². The number of amides is 2. The molecule has 150 valence electrons. The highest BCUT2D eigenvalue weighted by Crippen LogP contribution is 2.08. The van der Waals surface area contributed by atoms with E-state index >= 15 is 0 Å². The zero-order valence-corrected chi connectivity index (χ0v) is 16.9.